The second-order valence-electron chi connectivity index (χ2n) is 4.34. The molecule has 0 fully saturated rings. The number of fused-ring (bicyclic) bond motifs is 1. The Morgan fingerprint density at radius 1 is 1.10 bits per heavy atom. The second-order valence-corrected chi connectivity index (χ2v) is 4.34. The highest BCUT2D eigenvalue weighted by atomic mass is 19.2. The van der Waals surface area contributed by atoms with Gasteiger partial charge in [-0.1, -0.05) is 0 Å². The van der Waals surface area contributed by atoms with Gasteiger partial charge in [0.05, 0.1) is 12.1 Å². The van der Waals surface area contributed by atoms with E-state index < -0.39 is 11.6 Å². The van der Waals surface area contributed by atoms with E-state index in [9.17, 15) is 13.9 Å². The van der Waals surface area contributed by atoms with Crippen molar-refractivity contribution in [1.82, 2.24) is 9.97 Å². The third-order valence-electron chi connectivity index (χ3n) is 2.92. The molecular weight excluding hydrogens is 264 g/mol. The number of benzene rings is 2. The van der Waals surface area contributed by atoms with Gasteiger partial charge in [-0.25, -0.2) is 13.8 Å². The molecule has 0 atom stereocenters. The van der Waals surface area contributed by atoms with Gasteiger partial charge in [-0.05, 0) is 36.4 Å². The van der Waals surface area contributed by atoms with Crippen LogP contribution in [-0.2, 0) is 6.54 Å². The molecule has 4 nitrogen and oxygen atoms in total. The van der Waals surface area contributed by atoms with E-state index in [0.717, 1.165) is 11.8 Å². The maximum atomic E-state index is 13.5. The quantitative estimate of drug-likeness (QED) is 0.643. The monoisotopic (exact) mass is 275 g/mol. The first kappa shape index (κ1) is 12.4. The number of rotatable bonds is 3. The van der Waals surface area contributed by atoms with Crippen molar-refractivity contribution in [3.05, 3.63) is 53.9 Å². The summed E-state index contributed by atoms with van der Waals surface area (Å²) in [5, 5.41) is 12.2. The van der Waals surface area contributed by atoms with Crippen molar-refractivity contribution in [3.63, 3.8) is 0 Å². The van der Waals surface area contributed by atoms with E-state index in [-0.39, 0.29) is 11.3 Å². The van der Waals surface area contributed by atoms with Gasteiger partial charge in [0.2, 0.25) is 0 Å². The summed E-state index contributed by atoms with van der Waals surface area (Å²) >= 11 is 0. The Bertz CT molecular complexity index is 753. The van der Waals surface area contributed by atoms with Crippen LogP contribution in [0.15, 0.2) is 36.4 Å². The summed E-state index contributed by atoms with van der Waals surface area (Å²) in [4.78, 5) is 6.94. The number of hydrogen-bond donors (Lipinski definition) is 3. The van der Waals surface area contributed by atoms with Crippen molar-refractivity contribution in [2.75, 3.05) is 5.32 Å². The van der Waals surface area contributed by atoms with Crippen molar-refractivity contribution in [2.45, 2.75) is 6.54 Å². The minimum atomic E-state index is -0.949. The Kier molecular flexibility index (Phi) is 2.98. The van der Waals surface area contributed by atoms with Crippen molar-refractivity contribution in [1.29, 1.82) is 0 Å². The molecule has 0 spiro atoms. The molecule has 0 radical (unpaired) electrons. The maximum Gasteiger partial charge on any atom is 0.186 e. The van der Waals surface area contributed by atoms with Crippen LogP contribution in [0, 0.1) is 11.6 Å². The Labute approximate surface area is 113 Å². The number of nitrogens with one attached hydrogen (secondary N) is 2. The molecule has 3 aromatic rings. The topological polar surface area (TPSA) is 60.9 Å². The number of aromatic amines is 1. The first-order valence-corrected chi connectivity index (χ1v) is 5.99. The number of aromatic hydroxyl groups is 1. The van der Waals surface area contributed by atoms with Crippen LogP contribution >= 0.6 is 0 Å². The van der Waals surface area contributed by atoms with Crippen LogP contribution in [0.5, 0.6) is 5.75 Å². The van der Waals surface area contributed by atoms with E-state index in [0.29, 0.717) is 17.9 Å². The predicted octanol–water partition coefficient (Wildman–Crippen LogP) is 3.16. The average molecular weight is 275 g/mol. The number of halogens is 2. The standard InChI is InChI=1S/C14H11F2N3O/c15-10-5-6-11-14(13(10)16)19-12(18-11)7-17-8-1-3-9(20)4-2-8/h1-6,17,20H,7H2,(H,18,19). The summed E-state index contributed by atoms with van der Waals surface area (Å²) in [6.45, 7) is 0.334. The minimum Gasteiger partial charge on any atom is -0.508 e. The Hall–Kier alpha value is -2.63. The molecule has 0 aliphatic heterocycles. The number of anilines is 1. The molecule has 0 saturated heterocycles. The van der Waals surface area contributed by atoms with E-state index in [4.69, 9.17) is 0 Å². The predicted molar refractivity (Wildman–Crippen MR) is 71.4 cm³/mol. The number of H-pyrrole nitrogens is 1. The molecule has 0 amide bonds. The highest BCUT2D eigenvalue weighted by Crippen LogP contribution is 2.19. The fourth-order valence-electron chi connectivity index (χ4n) is 1.92. The van der Waals surface area contributed by atoms with E-state index >= 15 is 0 Å². The maximum absolute atomic E-state index is 13.5. The first-order valence-electron chi connectivity index (χ1n) is 5.99. The molecular formula is C14H11F2N3O. The molecule has 1 heterocycles. The molecule has 2 aromatic carbocycles. The summed E-state index contributed by atoms with van der Waals surface area (Å²) in [5.74, 6) is -1.19. The Morgan fingerprint density at radius 3 is 2.60 bits per heavy atom. The van der Waals surface area contributed by atoms with Crippen molar-refractivity contribution < 1.29 is 13.9 Å². The van der Waals surface area contributed by atoms with Crippen LogP contribution < -0.4 is 5.32 Å². The summed E-state index contributed by atoms with van der Waals surface area (Å²) in [5.41, 5.74) is 1.23. The number of nitrogens with zero attached hydrogens (tertiary/aromatic N) is 1. The molecule has 102 valence electrons. The normalized spacial score (nSPS) is 10.9. The van der Waals surface area contributed by atoms with Gasteiger partial charge < -0.3 is 15.4 Å². The van der Waals surface area contributed by atoms with Gasteiger partial charge in [-0.2, -0.15) is 0 Å². The fraction of sp³-hybridized carbons (Fsp3) is 0.0714. The summed E-state index contributed by atoms with van der Waals surface area (Å²) in [6, 6.07) is 9.03. The van der Waals surface area contributed by atoms with Gasteiger partial charge in [0.15, 0.2) is 11.6 Å². The Balaban J connectivity index is 1.81. The molecule has 0 unspecified atom stereocenters. The zero-order chi connectivity index (χ0) is 14.1. The number of aromatic nitrogens is 2. The van der Waals surface area contributed by atoms with Crippen molar-refractivity contribution in [2.24, 2.45) is 0 Å². The highest BCUT2D eigenvalue weighted by molar-refractivity contribution is 5.75. The largest absolute Gasteiger partial charge is 0.508 e. The lowest BCUT2D eigenvalue weighted by Gasteiger charge is -2.03. The van der Waals surface area contributed by atoms with Crippen LogP contribution in [-0.4, -0.2) is 15.1 Å². The first-order chi connectivity index (χ1) is 9.63. The molecule has 3 N–H and O–H groups in total. The van der Waals surface area contributed by atoms with Crippen LogP contribution in [0.4, 0.5) is 14.5 Å². The van der Waals surface area contributed by atoms with E-state index in [1.54, 1.807) is 24.3 Å². The van der Waals surface area contributed by atoms with Gasteiger partial charge >= 0.3 is 0 Å². The third-order valence-corrected chi connectivity index (χ3v) is 2.92. The van der Waals surface area contributed by atoms with Crippen LogP contribution in [0.1, 0.15) is 5.82 Å². The summed E-state index contributed by atoms with van der Waals surface area (Å²) in [7, 11) is 0. The number of imidazole rings is 1. The summed E-state index contributed by atoms with van der Waals surface area (Å²) in [6.07, 6.45) is 0. The molecule has 0 aliphatic carbocycles. The van der Waals surface area contributed by atoms with E-state index in [1.165, 1.54) is 6.07 Å². The van der Waals surface area contributed by atoms with E-state index in [2.05, 4.69) is 15.3 Å². The second kappa shape index (κ2) is 4.80. The zero-order valence-corrected chi connectivity index (χ0v) is 10.3. The SMILES string of the molecule is Oc1ccc(NCc2nc3c(F)c(F)ccc3[nH]2)cc1. The van der Waals surface area contributed by atoms with Gasteiger partial charge in [-0.15, -0.1) is 0 Å². The molecule has 0 saturated carbocycles. The molecule has 3 rings (SSSR count). The van der Waals surface area contributed by atoms with Crippen molar-refractivity contribution in [3.8, 4) is 5.75 Å². The van der Waals surface area contributed by atoms with Gasteiger partial charge in [-0.3, -0.25) is 0 Å². The smallest absolute Gasteiger partial charge is 0.186 e. The lowest BCUT2D eigenvalue weighted by atomic mass is 10.3. The molecule has 6 heteroatoms. The lowest BCUT2D eigenvalue weighted by Crippen LogP contribution is -2.00. The third kappa shape index (κ3) is 2.27. The molecule has 1 aromatic heterocycles. The zero-order valence-electron chi connectivity index (χ0n) is 10.3. The number of phenolic OH excluding ortho intramolecular Hbond substituents is 1. The highest BCUT2D eigenvalue weighted by Gasteiger charge is 2.11. The van der Waals surface area contributed by atoms with Crippen LogP contribution in [0.2, 0.25) is 0 Å². The number of hydrogen-bond acceptors (Lipinski definition) is 3. The van der Waals surface area contributed by atoms with E-state index in [1.807, 2.05) is 0 Å². The fourth-order valence-corrected chi connectivity index (χ4v) is 1.92. The van der Waals surface area contributed by atoms with Gasteiger partial charge in [0.25, 0.3) is 0 Å². The molecule has 0 aliphatic rings. The minimum absolute atomic E-state index is 0.00694. The Morgan fingerprint density at radius 2 is 1.85 bits per heavy atom. The van der Waals surface area contributed by atoms with Gasteiger partial charge in [0.1, 0.15) is 17.1 Å². The van der Waals surface area contributed by atoms with Crippen LogP contribution in [0.25, 0.3) is 11.0 Å². The number of phenols is 1. The summed E-state index contributed by atoms with van der Waals surface area (Å²) < 4.78 is 26.6. The van der Waals surface area contributed by atoms with Crippen molar-refractivity contribution >= 4 is 16.7 Å². The average Bonchev–Trinajstić information content (AvgIpc) is 2.86. The lowest BCUT2D eigenvalue weighted by molar-refractivity contribution is 0.475. The van der Waals surface area contributed by atoms with Crippen LogP contribution in [0.3, 0.4) is 0 Å². The van der Waals surface area contributed by atoms with Gasteiger partial charge in [0, 0.05) is 5.69 Å². The molecule has 20 heavy (non-hydrogen) atoms. The molecule has 0 bridgehead atoms.